The Morgan fingerprint density at radius 2 is 1.87 bits per heavy atom. The van der Waals surface area contributed by atoms with E-state index in [0.717, 1.165) is 37.4 Å². The number of hydrogen-bond acceptors (Lipinski definition) is 5. The number of amides is 1. The molecule has 5 nitrogen and oxygen atoms in total. The SMILES string of the molecule is COc1ccc(-n2c(N)c(C(=O)N3CCCCC3)sc2=S)cc1. The Kier molecular flexibility index (Phi) is 4.68. The van der Waals surface area contributed by atoms with Gasteiger partial charge in [0.25, 0.3) is 5.91 Å². The highest BCUT2D eigenvalue weighted by Gasteiger charge is 2.24. The molecule has 1 aliphatic heterocycles. The highest BCUT2D eigenvalue weighted by molar-refractivity contribution is 7.73. The third kappa shape index (κ3) is 3.11. The normalized spacial score (nSPS) is 14.7. The average molecular weight is 349 g/mol. The maximum atomic E-state index is 12.7. The number of rotatable bonds is 3. The second kappa shape index (κ2) is 6.72. The number of nitrogen functional groups attached to an aromatic ring is 1. The quantitative estimate of drug-likeness (QED) is 0.862. The number of methoxy groups -OCH3 is 1. The molecule has 3 rings (SSSR count). The van der Waals surface area contributed by atoms with Gasteiger partial charge in [-0.1, -0.05) is 11.3 Å². The van der Waals surface area contributed by atoms with Crippen molar-refractivity contribution in [3.63, 3.8) is 0 Å². The van der Waals surface area contributed by atoms with Crippen molar-refractivity contribution in [2.45, 2.75) is 19.3 Å². The van der Waals surface area contributed by atoms with E-state index in [9.17, 15) is 4.79 Å². The van der Waals surface area contributed by atoms with Gasteiger partial charge in [-0.2, -0.15) is 0 Å². The van der Waals surface area contributed by atoms with Gasteiger partial charge in [0.15, 0.2) is 3.95 Å². The molecule has 122 valence electrons. The van der Waals surface area contributed by atoms with Crippen molar-refractivity contribution in [3.05, 3.63) is 33.1 Å². The lowest BCUT2D eigenvalue weighted by molar-refractivity contribution is 0.0730. The standard InChI is InChI=1S/C16H19N3O2S2/c1-21-12-7-5-11(6-8-12)19-14(17)13(23-16(19)22)15(20)18-9-3-2-4-10-18/h5-8H,2-4,9-10,17H2,1H3. The van der Waals surface area contributed by atoms with E-state index < -0.39 is 0 Å². The summed E-state index contributed by atoms with van der Waals surface area (Å²) in [5, 5.41) is 0. The second-order valence-electron chi connectivity index (χ2n) is 5.47. The summed E-state index contributed by atoms with van der Waals surface area (Å²) in [6.45, 7) is 1.59. The minimum absolute atomic E-state index is 0.00874. The summed E-state index contributed by atoms with van der Waals surface area (Å²) in [6.07, 6.45) is 3.29. The summed E-state index contributed by atoms with van der Waals surface area (Å²) in [5.74, 6) is 1.17. The molecule has 0 bridgehead atoms. The first kappa shape index (κ1) is 16.0. The number of benzene rings is 1. The fourth-order valence-electron chi connectivity index (χ4n) is 2.75. The number of hydrogen-bond donors (Lipinski definition) is 1. The maximum Gasteiger partial charge on any atom is 0.267 e. The van der Waals surface area contributed by atoms with Crippen molar-refractivity contribution >= 4 is 35.3 Å². The van der Waals surface area contributed by atoms with Crippen LogP contribution in [0.15, 0.2) is 24.3 Å². The Morgan fingerprint density at radius 3 is 2.48 bits per heavy atom. The van der Waals surface area contributed by atoms with Crippen LogP contribution in [0, 0.1) is 3.95 Å². The minimum atomic E-state index is -0.00874. The largest absolute Gasteiger partial charge is 0.497 e. The predicted molar refractivity (Wildman–Crippen MR) is 95.2 cm³/mol. The molecule has 0 aliphatic carbocycles. The van der Waals surface area contributed by atoms with Crippen molar-refractivity contribution in [2.24, 2.45) is 0 Å². The van der Waals surface area contributed by atoms with E-state index in [-0.39, 0.29) is 5.91 Å². The van der Waals surface area contributed by atoms with Gasteiger partial charge in [0.2, 0.25) is 0 Å². The second-order valence-corrected chi connectivity index (χ2v) is 7.11. The number of thiazole rings is 1. The number of carbonyl (C=O) groups excluding carboxylic acids is 1. The Hall–Kier alpha value is -1.86. The van der Waals surface area contributed by atoms with Crippen LogP contribution in [0.1, 0.15) is 28.9 Å². The zero-order valence-electron chi connectivity index (χ0n) is 12.9. The highest BCUT2D eigenvalue weighted by atomic mass is 32.1. The Balaban J connectivity index is 1.95. The third-order valence-electron chi connectivity index (χ3n) is 4.01. The summed E-state index contributed by atoms with van der Waals surface area (Å²) in [5.41, 5.74) is 7.08. The Morgan fingerprint density at radius 1 is 1.22 bits per heavy atom. The molecule has 0 spiro atoms. The van der Waals surface area contributed by atoms with E-state index >= 15 is 0 Å². The molecule has 0 saturated carbocycles. The van der Waals surface area contributed by atoms with Gasteiger partial charge in [0.05, 0.1) is 7.11 Å². The first-order valence-electron chi connectivity index (χ1n) is 7.57. The maximum absolute atomic E-state index is 12.7. The Bertz CT molecular complexity index is 759. The van der Waals surface area contributed by atoms with E-state index in [4.69, 9.17) is 22.7 Å². The fourth-order valence-corrected chi connectivity index (χ4v) is 4.09. The van der Waals surface area contributed by atoms with E-state index in [1.54, 1.807) is 11.7 Å². The lowest BCUT2D eigenvalue weighted by atomic mass is 10.1. The molecule has 7 heteroatoms. The van der Waals surface area contributed by atoms with Crippen LogP contribution in [-0.2, 0) is 0 Å². The van der Waals surface area contributed by atoms with Crippen LogP contribution in [0.5, 0.6) is 5.75 Å². The van der Waals surface area contributed by atoms with Crippen LogP contribution in [0.25, 0.3) is 5.69 Å². The number of likely N-dealkylation sites (tertiary alicyclic amines) is 1. The van der Waals surface area contributed by atoms with Crippen molar-refractivity contribution in [2.75, 3.05) is 25.9 Å². The average Bonchev–Trinajstić information content (AvgIpc) is 2.89. The van der Waals surface area contributed by atoms with Gasteiger partial charge >= 0.3 is 0 Å². The number of aromatic nitrogens is 1. The van der Waals surface area contributed by atoms with Crippen LogP contribution >= 0.6 is 23.6 Å². The van der Waals surface area contributed by atoms with Crippen molar-refractivity contribution in [1.29, 1.82) is 0 Å². The van der Waals surface area contributed by atoms with Crippen LogP contribution in [-0.4, -0.2) is 35.6 Å². The van der Waals surface area contributed by atoms with Gasteiger partial charge in [-0.05, 0) is 55.7 Å². The summed E-state index contributed by atoms with van der Waals surface area (Å²) in [6, 6.07) is 7.46. The van der Waals surface area contributed by atoms with Crippen LogP contribution in [0.3, 0.4) is 0 Å². The van der Waals surface area contributed by atoms with Crippen molar-refractivity contribution in [1.82, 2.24) is 9.47 Å². The van der Waals surface area contributed by atoms with Gasteiger partial charge in [-0.25, -0.2) is 0 Å². The molecule has 1 saturated heterocycles. The van der Waals surface area contributed by atoms with Gasteiger partial charge < -0.3 is 15.4 Å². The lowest BCUT2D eigenvalue weighted by Crippen LogP contribution is -2.35. The van der Waals surface area contributed by atoms with Gasteiger partial charge in [-0.3, -0.25) is 9.36 Å². The number of ether oxygens (including phenoxy) is 1. The van der Waals surface area contributed by atoms with E-state index in [1.807, 2.05) is 29.2 Å². The third-order valence-corrected chi connectivity index (χ3v) is 5.39. The van der Waals surface area contributed by atoms with E-state index in [1.165, 1.54) is 17.8 Å². The number of carbonyl (C=O) groups is 1. The molecule has 0 radical (unpaired) electrons. The van der Waals surface area contributed by atoms with E-state index in [2.05, 4.69) is 0 Å². The lowest BCUT2D eigenvalue weighted by Gasteiger charge is -2.26. The molecule has 0 unspecified atom stereocenters. The molecule has 2 heterocycles. The summed E-state index contributed by atoms with van der Waals surface area (Å²) in [7, 11) is 1.62. The van der Waals surface area contributed by atoms with Crippen molar-refractivity contribution < 1.29 is 9.53 Å². The predicted octanol–water partition coefficient (Wildman–Crippen LogP) is 3.49. The zero-order valence-corrected chi connectivity index (χ0v) is 14.6. The molecule has 2 N–H and O–H groups in total. The molecule has 23 heavy (non-hydrogen) atoms. The Labute approximate surface area is 144 Å². The summed E-state index contributed by atoms with van der Waals surface area (Å²) < 4.78 is 7.49. The summed E-state index contributed by atoms with van der Waals surface area (Å²) >= 11 is 6.70. The zero-order chi connectivity index (χ0) is 16.4. The fraction of sp³-hybridized carbons (Fsp3) is 0.375. The van der Waals surface area contributed by atoms with Crippen LogP contribution in [0.2, 0.25) is 0 Å². The van der Waals surface area contributed by atoms with Gasteiger partial charge in [0, 0.05) is 18.8 Å². The van der Waals surface area contributed by atoms with Gasteiger partial charge in [-0.15, -0.1) is 0 Å². The highest BCUT2D eigenvalue weighted by Crippen LogP contribution is 2.29. The summed E-state index contributed by atoms with van der Waals surface area (Å²) in [4.78, 5) is 15.1. The number of anilines is 1. The molecule has 1 aromatic carbocycles. The molecular formula is C16H19N3O2S2. The number of nitrogens with zero attached hydrogens (tertiary/aromatic N) is 2. The van der Waals surface area contributed by atoms with Gasteiger partial charge in [0.1, 0.15) is 16.4 Å². The minimum Gasteiger partial charge on any atom is -0.497 e. The molecule has 0 atom stereocenters. The molecule has 2 aromatic rings. The smallest absolute Gasteiger partial charge is 0.267 e. The van der Waals surface area contributed by atoms with Crippen molar-refractivity contribution in [3.8, 4) is 11.4 Å². The molecule has 1 amide bonds. The van der Waals surface area contributed by atoms with E-state index in [0.29, 0.717) is 14.6 Å². The molecule has 1 aliphatic rings. The van der Waals surface area contributed by atoms with Crippen LogP contribution in [0.4, 0.5) is 5.82 Å². The number of piperidine rings is 1. The number of nitrogens with two attached hydrogens (primary N) is 1. The monoisotopic (exact) mass is 349 g/mol. The molecule has 1 fully saturated rings. The van der Waals surface area contributed by atoms with Crippen LogP contribution < -0.4 is 10.5 Å². The first-order chi connectivity index (χ1) is 11.1. The topological polar surface area (TPSA) is 60.5 Å². The molecular weight excluding hydrogens is 330 g/mol. The molecule has 1 aromatic heterocycles. The first-order valence-corrected chi connectivity index (χ1v) is 8.79.